The molecule has 4 rings (SSSR count). The Morgan fingerprint density at radius 1 is 1.06 bits per heavy atom. The lowest BCUT2D eigenvalue weighted by Gasteiger charge is -2.41. The number of amides is 1. The van der Waals surface area contributed by atoms with Crippen molar-refractivity contribution in [3.8, 4) is 11.4 Å². The highest BCUT2D eigenvalue weighted by Crippen LogP contribution is 3.03. The smallest absolute Gasteiger partial charge is 0.313 e. The number of benzene rings is 1. The van der Waals surface area contributed by atoms with Gasteiger partial charge in [-0.25, -0.2) is 9.37 Å². The van der Waals surface area contributed by atoms with E-state index in [1.165, 1.54) is 32.5 Å². The lowest BCUT2D eigenvalue weighted by atomic mass is 10.2. The van der Waals surface area contributed by atoms with Gasteiger partial charge in [0.1, 0.15) is 29.6 Å². The molecule has 7 nitrogen and oxygen atoms in total. The number of carbonyl (C=O) groups is 1. The van der Waals surface area contributed by atoms with Crippen LogP contribution in [0.25, 0.3) is 5.69 Å². The molecule has 0 N–H and O–H groups in total. The minimum absolute atomic E-state index is 0.0410. The number of pyridine rings is 1. The summed E-state index contributed by atoms with van der Waals surface area (Å²) in [6.07, 6.45) is 3.11. The standard InChI is InChI=1S/C20H18F6N4O3S/c1-13-11-29(12-27-13)15-3-4-16-19(31)28(6-7-30(16)20(15)32)8-9-33-17-5-2-14(21)10-18(17)34(22,23,24,25)26/h2-5,10-12H,6-9H2,1H3. The third-order valence-electron chi connectivity index (χ3n) is 5.18. The minimum Gasteiger partial charge on any atom is -0.490 e. The fourth-order valence-electron chi connectivity index (χ4n) is 3.59. The monoisotopic (exact) mass is 508 g/mol. The zero-order valence-corrected chi connectivity index (χ0v) is 18.4. The Bertz CT molecular complexity index is 1350. The third-order valence-corrected chi connectivity index (χ3v) is 6.33. The molecule has 1 aliphatic rings. The molecule has 0 saturated carbocycles. The molecule has 0 saturated heterocycles. The molecular weight excluding hydrogens is 490 g/mol. The summed E-state index contributed by atoms with van der Waals surface area (Å²) in [4.78, 5) is 28.4. The highest BCUT2D eigenvalue weighted by atomic mass is 32.5. The summed E-state index contributed by atoms with van der Waals surface area (Å²) in [7, 11) is -10.2. The van der Waals surface area contributed by atoms with E-state index in [2.05, 4.69) is 4.98 Å². The van der Waals surface area contributed by atoms with Crippen molar-refractivity contribution in [1.82, 2.24) is 19.0 Å². The van der Waals surface area contributed by atoms with E-state index in [-0.39, 0.29) is 37.1 Å². The SMILES string of the molecule is Cc1cn(-c2ccc3n(c2=O)CCN(CCOc2ccc(F)cc2S(F)(F)(F)(F)F)C3=O)cn1. The molecule has 0 bridgehead atoms. The molecule has 14 heteroatoms. The van der Waals surface area contributed by atoms with Crippen LogP contribution in [-0.4, -0.2) is 44.6 Å². The van der Waals surface area contributed by atoms with Crippen molar-refractivity contribution in [3.05, 3.63) is 70.4 Å². The zero-order chi connectivity index (χ0) is 25.0. The number of hydrogen-bond acceptors (Lipinski definition) is 4. The van der Waals surface area contributed by atoms with Gasteiger partial charge in [-0.3, -0.25) is 9.59 Å². The highest BCUT2D eigenvalue weighted by Gasteiger charge is 2.67. The highest BCUT2D eigenvalue weighted by molar-refractivity contribution is 8.45. The maximum absolute atomic E-state index is 13.2. The maximum atomic E-state index is 13.2. The van der Waals surface area contributed by atoms with Crippen LogP contribution < -0.4 is 10.3 Å². The first-order valence-electron chi connectivity index (χ1n) is 9.84. The second kappa shape index (κ2) is 7.29. The molecule has 34 heavy (non-hydrogen) atoms. The van der Waals surface area contributed by atoms with Crippen molar-refractivity contribution in [2.45, 2.75) is 18.4 Å². The Morgan fingerprint density at radius 3 is 2.44 bits per heavy atom. The van der Waals surface area contributed by atoms with Crippen LogP contribution in [0.4, 0.5) is 23.8 Å². The summed E-state index contributed by atoms with van der Waals surface area (Å²) in [5, 5.41) is 0. The molecule has 1 aromatic carbocycles. The molecule has 0 spiro atoms. The Kier molecular flexibility index (Phi) is 5.09. The number of fused-ring (bicyclic) bond motifs is 1. The van der Waals surface area contributed by atoms with E-state index in [0.29, 0.717) is 17.8 Å². The van der Waals surface area contributed by atoms with Crippen molar-refractivity contribution in [1.29, 1.82) is 0 Å². The van der Waals surface area contributed by atoms with E-state index >= 15 is 0 Å². The van der Waals surface area contributed by atoms with Crippen molar-refractivity contribution in [2.75, 3.05) is 19.7 Å². The number of hydrogen-bond donors (Lipinski definition) is 0. The van der Waals surface area contributed by atoms with Crippen molar-refractivity contribution < 1.29 is 33.4 Å². The normalized spacial score (nSPS) is 16.1. The van der Waals surface area contributed by atoms with Crippen LogP contribution in [0.5, 0.6) is 5.75 Å². The van der Waals surface area contributed by atoms with Crippen molar-refractivity contribution in [3.63, 3.8) is 0 Å². The Morgan fingerprint density at radius 2 is 1.79 bits per heavy atom. The Hall–Kier alpha value is -3.42. The minimum atomic E-state index is -10.2. The summed E-state index contributed by atoms with van der Waals surface area (Å²) >= 11 is 0. The van der Waals surface area contributed by atoms with Gasteiger partial charge in [0, 0.05) is 25.4 Å². The molecule has 0 aliphatic carbocycles. The fourth-order valence-corrected chi connectivity index (χ4v) is 4.43. The number of halogens is 6. The van der Waals surface area contributed by atoms with Gasteiger partial charge in [0.2, 0.25) is 0 Å². The molecule has 3 aromatic rings. The quantitative estimate of drug-likeness (QED) is 0.454. The number of aromatic nitrogens is 3. The molecule has 1 amide bonds. The first-order valence-corrected chi connectivity index (χ1v) is 11.8. The number of aryl methyl sites for hydroxylation is 1. The molecule has 0 fully saturated rings. The van der Waals surface area contributed by atoms with E-state index in [1.54, 1.807) is 13.1 Å². The lowest BCUT2D eigenvalue weighted by Crippen LogP contribution is -2.46. The van der Waals surface area contributed by atoms with E-state index in [1.807, 2.05) is 0 Å². The van der Waals surface area contributed by atoms with Crippen LogP contribution in [0.2, 0.25) is 0 Å². The van der Waals surface area contributed by atoms with E-state index in [9.17, 15) is 33.4 Å². The van der Waals surface area contributed by atoms with Gasteiger partial charge in [0.05, 0.1) is 18.6 Å². The summed E-state index contributed by atoms with van der Waals surface area (Å²) in [6, 6.07) is 3.61. The summed E-state index contributed by atoms with van der Waals surface area (Å²) < 4.78 is 87.1. The number of ether oxygens (including phenoxy) is 1. The van der Waals surface area contributed by atoms with Crippen LogP contribution in [0.3, 0.4) is 0 Å². The number of imidazole rings is 1. The fraction of sp³-hybridized carbons (Fsp3) is 0.250. The molecule has 0 unspecified atom stereocenters. The van der Waals surface area contributed by atoms with Crippen LogP contribution >= 0.6 is 10.2 Å². The van der Waals surface area contributed by atoms with Gasteiger partial charge in [-0.1, -0.05) is 19.4 Å². The molecule has 184 valence electrons. The van der Waals surface area contributed by atoms with E-state index < -0.39 is 44.8 Å². The van der Waals surface area contributed by atoms with Crippen molar-refractivity contribution in [2.24, 2.45) is 0 Å². The molecule has 3 heterocycles. The summed E-state index contributed by atoms with van der Waals surface area (Å²) in [5.74, 6) is -3.30. The van der Waals surface area contributed by atoms with E-state index in [4.69, 9.17) is 4.74 Å². The van der Waals surface area contributed by atoms with Gasteiger partial charge in [-0.05, 0) is 31.2 Å². The third kappa shape index (κ3) is 4.62. The van der Waals surface area contributed by atoms with Gasteiger partial charge in [0.25, 0.3) is 11.5 Å². The second-order valence-corrected chi connectivity index (χ2v) is 10.1. The molecule has 2 aromatic heterocycles. The topological polar surface area (TPSA) is 69.4 Å². The average molecular weight is 508 g/mol. The molecule has 0 radical (unpaired) electrons. The maximum Gasteiger partial charge on any atom is 0.313 e. The number of nitrogens with zero attached hydrogens (tertiary/aromatic N) is 4. The number of rotatable bonds is 6. The predicted octanol–water partition coefficient (Wildman–Crippen LogP) is 4.67. The first-order chi connectivity index (χ1) is 15.6. The van der Waals surface area contributed by atoms with Gasteiger partial charge >= 0.3 is 10.2 Å². The van der Waals surface area contributed by atoms with Gasteiger partial charge in [-0.15, -0.1) is 0 Å². The van der Waals surface area contributed by atoms with Crippen LogP contribution in [0.1, 0.15) is 16.2 Å². The molecule has 0 atom stereocenters. The second-order valence-electron chi connectivity index (χ2n) is 7.68. The average Bonchev–Trinajstić information content (AvgIpc) is 3.15. The predicted molar refractivity (Wildman–Crippen MR) is 112 cm³/mol. The molecular formula is C20H18F6N4O3S. The van der Waals surface area contributed by atoms with Crippen LogP contribution in [0, 0.1) is 12.7 Å². The first kappa shape index (κ1) is 23.7. The Labute approximate surface area is 188 Å². The summed E-state index contributed by atoms with van der Waals surface area (Å²) in [6.45, 7) is 1.09. The van der Waals surface area contributed by atoms with Crippen molar-refractivity contribution >= 4 is 16.1 Å². The van der Waals surface area contributed by atoms with Crippen LogP contribution in [0.15, 0.2) is 52.5 Å². The van der Waals surface area contributed by atoms with E-state index in [0.717, 1.165) is 0 Å². The Balaban J connectivity index is 1.50. The molecule has 1 aliphatic heterocycles. The zero-order valence-electron chi connectivity index (χ0n) is 17.6. The lowest BCUT2D eigenvalue weighted by molar-refractivity contribution is 0.0671. The number of carbonyl (C=O) groups excluding carboxylic acids is 1. The largest absolute Gasteiger partial charge is 0.490 e. The van der Waals surface area contributed by atoms with Gasteiger partial charge in [-0.2, -0.15) is 0 Å². The van der Waals surface area contributed by atoms with Gasteiger partial charge in [0.15, 0.2) is 4.90 Å². The van der Waals surface area contributed by atoms with Gasteiger partial charge < -0.3 is 18.8 Å². The summed E-state index contributed by atoms with van der Waals surface area (Å²) in [5.41, 5.74) is 0.616. The van der Waals surface area contributed by atoms with Crippen LogP contribution in [-0.2, 0) is 6.54 Å².